The smallest absolute Gasteiger partial charge is 0.197 e. The van der Waals surface area contributed by atoms with Crippen molar-refractivity contribution in [3.05, 3.63) is 52.2 Å². The van der Waals surface area contributed by atoms with Gasteiger partial charge in [0.15, 0.2) is 17.3 Å². The van der Waals surface area contributed by atoms with E-state index in [4.69, 9.17) is 23.4 Å². The summed E-state index contributed by atoms with van der Waals surface area (Å²) < 4.78 is 28.8. The fourth-order valence-corrected chi connectivity index (χ4v) is 4.99. The molecule has 40 heavy (non-hydrogen) atoms. The Balaban J connectivity index is 1.66. The van der Waals surface area contributed by atoms with Crippen LogP contribution in [0.4, 0.5) is 0 Å². The Labute approximate surface area is 227 Å². The molecule has 0 amide bonds. The SMILES string of the molecule is COc1cc(O)c2c(=O)cc(-c3ccc(O)cc3)oc2c1[C@@H]1OC[C@H](O)[C@H](O)C1O[C@@H]1OC(C)[C@H](O)[C@H](O)C1O. The molecule has 7 N–H and O–H groups in total. The number of aliphatic hydroxyl groups excluding tert-OH is 5. The lowest BCUT2D eigenvalue weighted by Crippen LogP contribution is -2.60. The molecule has 0 radical (unpaired) electrons. The fourth-order valence-electron chi connectivity index (χ4n) is 4.99. The maximum Gasteiger partial charge on any atom is 0.197 e. The second-order valence-electron chi connectivity index (χ2n) is 9.83. The maximum atomic E-state index is 13.2. The van der Waals surface area contributed by atoms with Gasteiger partial charge < -0.3 is 59.1 Å². The first-order chi connectivity index (χ1) is 19.0. The van der Waals surface area contributed by atoms with Crippen LogP contribution in [0, 0.1) is 0 Å². The molecule has 13 nitrogen and oxygen atoms in total. The number of rotatable bonds is 5. The van der Waals surface area contributed by atoms with Crippen LogP contribution in [0.1, 0.15) is 18.6 Å². The van der Waals surface area contributed by atoms with Gasteiger partial charge in [0.05, 0.1) is 25.4 Å². The molecule has 2 aliphatic heterocycles. The van der Waals surface area contributed by atoms with Crippen molar-refractivity contribution in [1.29, 1.82) is 0 Å². The Hall–Kier alpha value is -3.27. The molecule has 2 aliphatic rings. The van der Waals surface area contributed by atoms with Crippen molar-refractivity contribution in [3.63, 3.8) is 0 Å². The third-order valence-electron chi connectivity index (χ3n) is 7.21. The lowest BCUT2D eigenvalue weighted by molar-refractivity contribution is -0.331. The Morgan fingerprint density at radius 3 is 2.30 bits per heavy atom. The van der Waals surface area contributed by atoms with E-state index >= 15 is 0 Å². The van der Waals surface area contributed by atoms with E-state index in [0.717, 1.165) is 0 Å². The molecule has 216 valence electrons. The highest BCUT2D eigenvalue weighted by atomic mass is 16.7. The topological polar surface area (TPSA) is 209 Å². The molecule has 0 saturated carbocycles. The van der Waals surface area contributed by atoms with Gasteiger partial charge in [0, 0.05) is 17.7 Å². The van der Waals surface area contributed by atoms with Gasteiger partial charge >= 0.3 is 0 Å². The van der Waals surface area contributed by atoms with Crippen molar-refractivity contribution >= 4 is 11.0 Å². The van der Waals surface area contributed by atoms with Crippen molar-refractivity contribution in [2.75, 3.05) is 13.7 Å². The average molecular weight is 563 g/mol. The third kappa shape index (κ3) is 4.91. The van der Waals surface area contributed by atoms with Gasteiger partial charge in [-0.2, -0.15) is 0 Å². The summed E-state index contributed by atoms with van der Waals surface area (Å²) in [4.78, 5) is 13.2. The Bertz CT molecular complexity index is 1420. The molecule has 3 aromatic rings. The van der Waals surface area contributed by atoms with Crippen LogP contribution in [-0.4, -0.2) is 98.5 Å². The number of ether oxygens (including phenoxy) is 4. The minimum absolute atomic E-state index is 0.00546. The Kier molecular flexibility index (Phi) is 7.74. The monoisotopic (exact) mass is 562 g/mol. The van der Waals surface area contributed by atoms with Crippen LogP contribution in [0.5, 0.6) is 17.2 Å². The number of aliphatic hydroxyl groups is 5. The summed E-state index contributed by atoms with van der Waals surface area (Å²) in [5.41, 5.74) is -0.304. The van der Waals surface area contributed by atoms with Gasteiger partial charge in [-0.3, -0.25) is 4.79 Å². The maximum absolute atomic E-state index is 13.2. The minimum Gasteiger partial charge on any atom is -0.508 e. The first-order valence-corrected chi connectivity index (χ1v) is 12.5. The highest BCUT2D eigenvalue weighted by Crippen LogP contribution is 2.44. The summed E-state index contributed by atoms with van der Waals surface area (Å²) in [7, 11) is 1.30. The number of hydrogen-bond donors (Lipinski definition) is 7. The second-order valence-corrected chi connectivity index (χ2v) is 9.83. The van der Waals surface area contributed by atoms with Gasteiger partial charge in [0.2, 0.25) is 0 Å². The first-order valence-electron chi connectivity index (χ1n) is 12.5. The van der Waals surface area contributed by atoms with Crippen molar-refractivity contribution in [2.24, 2.45) is 0 Å². The minimum atomic E-state index is -1.73. The summed E-state index contributed by atoms with van der Waals surface area (Å²) in [5, 5.41) is 72.3. The summed E-state index contributed by atoms with van der Waals surface area (Å²) in [5.74, 6) is -0.383. The second kappa shape index (κ2) is 11.0. The van der Waals surface area contributed by atoms with E-state index in [2.05, 4.69) is 0 Å². The van der Waals surface area contributed by atoms with Crippen LogP contribution in [-0.2, 0) is 14.2 Å². The predicted molar refractivity (Wildman–Crippen MR) is 136 cm³/mol. The zero-order valence-corrected chi connectivity index (χ0v) is 21.4. The number of fused-ring (bicyclic) bond motifs is 1. The van der Waals surface area contributed by atoms with Crippen molar-refractivity contribution in [3.8, 4) is 28.6 Å². The van der Waals surface area contributed by atoms with Gasteiger partial charge in [-0.25, -0.2) is 0 Å². The van der Waals surface area contributed by atoms with Crippen LogP contribution in [0.3, 0.4) is 0 Å². The van der Waals surface area contributed by atoms with E-state index in [1.54, 1.807) is 0 Å². The molecule has 2 saturated heterocycles. The molecule has 1 aromatic heterocycles. The van der Waals surface area contributed by atoms with Crippen molar-refractivity contribution in [2.45, 2.75) is 62.0 Å². The number of phenols is 2. The quantitative estimate of drug-likeness (QED) is 0.217. The summed E-state index contributed by atoms with van der Waals surface area (Å²) >= 11 is 0. The predicted octanol–water partition coefficient (Wildman–Crippen LogP) is -0.114. The summed E-state index contributed by atoms with van der Waals surface area (Å²) in [6.45, 7) is 1.08. The number of methoxy groups -OCH3 is 1. The lowest BCUT2D eigenvalue weighted by Gasteiger charge is -2.44. The highest BCUT2D eigenvalue weighted by molar-refractivity contribution is 5.89. The molecule has 0 bridgehead atoms. The van der Waals surface area contributed by atoms with Gasteiger partial charge in [0.25, 0.3) is 0 Å². The number of aromatic hydroxyl groups is 2. The van der Waals surface area contributed by atoms with Crippen LogP contribution in [0.15, 0.2) is 45.6 Å². The third-order valence-corrected chi connectivity index (χ3v) is 7.21. The molecule has 9 atom stereocenters. The summed E-state index contributed by atoms with van der Waals surface area (Å²) in [6, 6.07) is 8.17. The zero-order valence-electron chi connectivity index (χ0n) is 21.4. The molecule has 0 spiro atoms. The Morgan fingerprint density at radius 2 is 1.62 bits per heavy atom. The molecular weight excluding hydrogens is 532 g/mol. The van der Waals surface area contributed by atoms with Gasteiger partial charge in [-0.05, 0) is 31.2 Å². The molecule has 3 heterocycles. The van der Waals surface area contributed by atoms with E-state index in [-0.39, 0.29) is 40.4 Å². The van der Waals surface area contributed by atoms with E-state index in [9.17, 15) is 40.5 Å². The fraction of sp³-hybridized carbons (Fsp3) is 0.444. The van der Waals surface area contributed by atoms with Gasteiger partial charge in [-0.1, -0.05) is 0 Å². The van der Waals surface area contributed by atoms with E-state index in [1.807, 2.05) is 0 Å². The molecular formula is C27H30O13. The molecule has 2 aromatic carbocycles. The highest BCUT2D eigenvalue weighted by Gasteiger charge is 2.49. The van der Waals surface area contributed by atoms with E-state index in [0.29, 0.717) is 5.56 Å². The van der Waals surface area contributed by atoms with E-state index < -0.39 is 66.3 Å². The number of hydrogen-bond acceptors (Lipinski definition) is 13. The standard InChI is InChI=1S/C27H30O13/c1-10-20(32)22(34)23(35)27(38-10)40-26-21(33)15(31)9-37-25(26)19-17(36-2)8-14(30)18-13(29)7-16(39-24(18)19)11-3-5-12(28)6-4-11/h3-8,10,15,20-23,25-28,30-35H,9H2,1-2H3/t10?,15-,20-,21-,22-,23?,25-,26?,27-/m0/s1. The first kappa shape index (κ1) is 28.3. The van der Waals surface area contributed by atoms with Crippen LogP contribution in [0.25, 0.3) is 22.3 Å². The Morgan fingerprint density at radius 1 is 0.925 bits per heavy atom. The van der Waals surface area contributed by atoms with Gasteiger partial charge in [-0.15, -0.1) is 0 Å². The van der Waals surface area contributed by atoms with Crippen LogP contribution in [0.2, 0.25) is 0 Å². The molecule has 5 rings (SSSR count). The molecule has 3 unspecified atom stereocenters. The largest absolute Gasteiger partial charge is 0.508 e. The molecule has 2 fully saturated rings. The summed E-state index contributed by atoms with van der Waals surface area (Å²) in [6.07, 6.45) is -13.1. The average Bonchev–Trinajstić information content (AvgIpc) is 2.93. The van der Waals surface area contributed by atoms with Crippen LogP contribution >= 0.6 is 0 Å². The molecule has 0 aliphatic carbocycles. The van der Waals surface area contributed by atoms with Gasteiger partial charge in [0.1, 0.15) is 71.1 Å². The lowest BCUT2D eigenvalue weighted by atomic mass is 9.91. The van der Waals surface area contributed by atoms with Crippen molar-refractivity contribution in [1.82, 2.24) is 0 Å². The zero-order chi connectivity index (χ0) is 28.9. The van der Waals surface area contributed by atoms with Crippen molar-refractivity contribution < 1.29 is 59.1 Å². The molecule has 13 heteroatoms. The van der Waals surface area contributed by atoms with E-state index in [1.165, 1.54) is 50.4 Å². The van der Waals surface area contributed by atoms with Crippen LogP contribution < -0.4 is 10.2 Å². The number of phenolic OH excluding ortho intramolecular Hbond substituents is 2. The number of benzene rings is 2. The normalized spacial score (nSPS) is 32.7.